The molecule has 1 aromatic carbocycles. The molecule has 17 heavy (non-hydrogen) atoms. The molecule has 1 aliphatic rings. The zero-order chi connectivity index (χ0) is 12.3. The summed E-state index contributed by atoms with van der Waals surface area (Å²) in [5, 5.41) is 3.40. The molecular weight excluding hydrogens is 220 g/mol. The van der Waals surface area contributed by atoms with Crippen LogP contribution in [0.15, 0.2) is 18.2 Å². The van der Waals surface area contributed by atoms with Crippen molar-refractivity contribution in [2.45, 2.75) is 44.6 Å². The van der Waals surface area contributed by atoms with Crippen LogP contribution in [0.4, 0.5) is 8.78 Å². The lowest BCUT2D eigenvalue weighted by atomic mass is 9.81. The molecule has 0 aromatic heterocycles. The highest BCUT2D eigenvalue weighted by Gasteiger charge is 2.25. The third kappa shape index (κ3) is 2.83. The first kappa shape index (κ1) is 12.5. The minimum Gasteiger partial charge on any atom is -0.314 e. The second-order valence-corrected chi connectivity index (χ2v) is 4.76. The summed E-state index contributed by atoms with van der Waals surface area (Å²) in [6, 6.07) is 4.95. The summed E-state index contributed by atoms with van der Waals surface area (Å²) >= 11 is 0. The highest BCUT2D eigenvalue weighted by atomic mass is 19.2. The van der Waals surface area contributed by atoms with Crippen LogP contribution in [0.2, 0.25) is 0 Å². The molecule has 1 saturated carbocycles. The first-order valence-corrected chi connectivity index (χ1v) is 6.39. The van der Waals surface area contributed by atoms with Crippen LogP contribution in [0.5, 0.6) is 0 Å². The normalized spacial score (nSPS) is 24.9. The van der Waals surface area contributed by atoms with Gasteiger partial charge in [-0.2, -0.15) is 0 Å². The van der Waals surface area contributed by atoms with Crippen molar-refractivity contribution in [1.82, 2.24) is 5.32 Å². The number of benzene rings is 1. The molecule has 0 amide bonds. The average molecular weight is 239 g/mol. The molecule has 0 heterocycles. The minimum absolute atomic E-state index is 0.156. The van der Waals surface area contributed by atoms with Gasteiger partial charge in [-0.1, -0.05) is 25.5 Å². The van der Waals surface area contributed by atoms with E-state index in [-0.39, 0.29) is 5.92 Å². The molecule has 94 valence electrons. The standard InChI is InChI=1S/C14H19F2N/c1-2-17-11-6-3-5-10(9-11)12-7-4-8-13(15)14(12)16/h4,7-8,10-11,17H,2-3,5-6,9H2,1H3. The Morgan fingerprint density at radius 3 is 2.88 bits per heavy atom. The van der Waals surface area contributed by atoms with E-state index in [1.165, 1.54) is 6.07 Å². The lowest BCUT2D eigenvalue weighted by Crippen LogP contribution is -2.33. The van der Waals surface area contributed by atoms with Crippen molar-refractivity contribution >= 4 is 0 Å². The maximum atomic E-state index is 13.7. The summed E-state index contributed by atoms with van der Waals surface area (Å²) < 4.78 is 26.9. The van der Waals surface area contributed by atoms with Crippen LogP contribution in [0, 0.1) is 11.6 Å². The van der Waals surface area contributed by atoms with Crippen molar-refractivity contribution < 1.29 is 8.78 Å². The summed E-state index contributed by atoms with van der Waals surface area (Å²) in [6.45, 7) is 3.01. The minimum atomic E-state index is -0.729. The smallest absolute Gasteiger partial charge is 0.162 e. The van der Waals surface area contributed by atoms with E-state index in [0.717, 1.165) is 32.2 Å². The van der Waals surface area contributed by atoms with E-state index in [1.807, 2.05) is 0 Å². The van der Waals surface area contributed by atoms with E-state index in [9.17, 15) is 8.78 Å². The SMILES string of the molecule is CCNC1CCCC(c2cccc(F)c2F)C1. The Bertz CT molecular complexity index is 376. The number of hydrogen-bond acceptors (Lipinski definition) is 1. The molecule has 0 radical (unpaired) electrons. The van der Waals surface area contributed by atoms with Gasteiger partial charge < -0.3 is 5.32 Å². The Hall–Kier alpha value is -0.960. The maximum absolute atomic E-state index is 13.7. The second-order valence-electron chi connectivity index (χ2n) is 4.76. The number of halogens is 2. The molecule has 2 unspecified atom stereocenters. The Labute approximate surface area is 101 Å². The van der Waals surface area contributed by atoms with Gasteiger partial charge in [-0.3, -0.25) is 0 Å². The fraction of sp³-hybridized carbons (Fsp3) is 0.571. The van der Waals surface area contributed by atoms with E-state index in [0.29, 0.717) is 11.6 Å². The van der Waals surface area contributed by atoms with Crippen LogP contribution in [0.3, 0.4) is 0 Å². The summed E-state index contributed by atoms with van der Waals surface area (Å²) in [6.07, 6.45) is 4.09. The molecular formula is C14H19F2N. The Balaban J connectivity index is 2.13. The maximum Gasteiger partial charge on any atom is 0.162 e. The molecule has 2 atom stereocenters. The van der Waals surface area contributed by atoms with Crippen molar-refractivity contribution in [2.75, 3.05) is 6.54 Å². The molecule has 3 heteroatoms. The molecule has 1 fully saturated rings. The predicted octanol–water partition coefficient (Wildman–Crippen LogP) is 3.60. The van der Waals surface area contributed by atoms with Crippen LogP contribution in [-0.4, -0.2) is 12.6 Å². The summed E-state index contributed by atoms with van der Waals surface area (Å²) in [5.41, 5.74) is 0.549. The van der Waals surface area contributed by atoms with E-state index in [2.05, 4.69) is 12.2 Å². The molecule has 0 bridgehead atoms. The summed E-state index contributed by atoms with van der Waals surface area (Å²) in [7, 11) is 0. The first-order chi connectivity index (χ1) is 8.22. The molecule has 1 N–H and O–H groups in total. The van der Waals surface area contributed by atoms with Crippen LogP contribution in [0.25, 0.3) is 0 Å². The van der Waals surface area contributed by atoms with E-state index < -0.39 is 11.6 Å². The van der Waals surface area contributed by atoms with E-state index in [4.69, 9.17) is 0 Å². The van der Waals surface area contributed by atoms with Gasteiger partial charge in [-0.05, 0) is 43.4 Å². The van der Waals surface area contributed by atoms with Gasteiger partial charge in [0.15, 0.2) is 11.6 Å². The zero-order valence-corrected chi connectivity index (χ0v) is 10.2. The number of hydrogen-bond donors (Lipinski definition) is 1. The van der Waals surface area contributed by atoms with Crippen LogP contribution in [-0.2, 0) is 0 Å². The summed E-state index contributed by atoms with van der Waals surface area (Å²) in [5.74, 6) is -1.23. The van der Waals surface area contributed by atoms with Crippen molar-refractivity contribution in [3.05, 3.63) is 35.4 Å². The quantitative estimate of drug-likeness (QED) is 0.849. The molecule has 1 aliphatic carbocycles. The highest BCUT2D eigenvalue weighted by Crippen LogP contribution is 2.34. The topological polar surface area (TPSA) is 12.0 Å². The third-order valence-corrected chi connectivity index (χ3v) is 3.59. The molecule has 0 aliphatic heterocycles. The molecule has 1 nitrogen and oxygen atoms in total. The van der Waals surface area contributed by atoms with Crippen molar-refractivity contribution in [1.29, 1.82) is 0 Å². The zero-order valence-electron chi connectivity index (χ0n) is 10.2. The predicted molar refractivity (Wildman–Crippen MR) is 65.0 cm³/mol. The van der Waals surface area contributed by atoms with Crippen molar-refractivity contribution in [3.63, 3.8) is 0 Å². The van der Waals surface area contributed by atoms with Gasteiger partial charge in [-0.15, -0.1) is 0 Å². The average Bonchev–Trinajstić information content (AvgIpc) is 2.33. The molecule has 0 saturated heterocycles. The lowest BCUT2D eigenvalue weighted by Gasteiger charge is -2.30. The van der Waals surface area contributed by atoms with Crippen molar-refractivity contribution in [3.8, 4) is 0 Å². The Morgan fingerprint density at radius 1 is 1.29 bits per heavy atom. The van der Waals surface area contributed by atoms with Gasteiger partial charge in [0.2, 0.25) is 0 Å². The van der Waals surface area contributed by atoms with Gasteiger partial charge >= 0.3 is 0 Å². The van der Waals surface area contributed by atoms with Gasteiger partial charge in [0, 0.05) is 6.04 Å². The summed E-state index contributed by atoms with van der Waals surface area (Å²) in [4.78, 5) is 0. The third-order valence-electron chi connectivity index (χ3n) is 3.59. The van der Waals surface area contributed by atoms with Crippen LogP contribution < -0.4 is 5.32 Å². The first-order valence-electron chi connectivity index (χ1n) is 6.39. The fourth-order valence-electron chi connectivity index (χ4n) is 2.78. The van der Waals surface area contributed by atoms with Crippen molar-refractivity contribution in [2.24, 2.45) is 0 Å². The molecule has 1 aromatic rings. The van der Waals surface area contributed by atoms with Crippen LogP contribution in [0.1, 0.15) is 44.1 Å². The monoisotopic (exact) mass is 239 g/mol. The highest BCUT2D eigenvalue weighted by molar-refractivity contribution is 5.23. The van der Waals surface area contributed by atoms with Crippen LogP contribution >= 0.6 is 0 Å². The van der Waals surface area contributed by atoms with E-state index in [1.54, 1.807) is 12.1 Å². The van der Waals surface area contributed by atoms with Gasteiger partial charge in [0.25, 0.3) is 0 Å². The Morgan fingerprint density at radius 2 is 2.12 bits per heavy atom. The number of rotatable bonds is 3. The van der Waals surface area contributed by atoms with Gasteiger partial charge in [-0.25, -0.2) is 8.78 Å². The largest absolute Gasteiger partial charge is 0.314 e. The molecule has 0 spiro atoms. The molecule has 2 rings (SSSR count). The fourth-order valence-corrected chi connectivity index (χ4v) is 2.78. The lowest BCUT2D eigenvalue weighted by molar-refractivity contribution is 0.336. The van der Waals surface area contributed by atoms with E-state index >= 15 is 0 Å². The second kappa shape index (κ2) is 5.58. The Kier molecular flexibility index (Phi) is 4.11. The van der Waals surface area contributed by atoms with Gasteiger partial charge in [0.1, 0.15) is 0 Å². The number of nitrogens with one attached hydrogen (secondary N) is 1. The van der Waals surface area contributed by atoms with Gasteiger partial charge in [0.05, 0.1) is 0 Å².